The van der Waals surface area contributed by atoms with Crippen molar-refractivity contribution in [3.8, 4) is 11.4 Å². The summed E-state index contributed by atoms with van der Waals surface area (Å²) in [4.78, 5) is 18.6. The van der Waals surface area contributed by atoms with Crippen LogP contribution in [0.4, 0.5) is 4.39 Å². The second kappa shape index (κ2) is 5.94. The SMILES string of the molecule is COCc1nc(-c2cc(F)cc(Br)c2)[nH]c(=O)c1Br. The van der Waals surface area contributed by atoms with Gasteiger partial charge in [-0.2, -0.15) is 0 Å². The predicted molar refractivity (Wildman–Crippen MR) is 76.4 cm³/mol. The Bertz CT molecular complexity index is 653. The molecular formula is C12H9Br2FN2O2. The van der Waals surface area contributed by atoms with Crippen molar-refractivity contribution in [2.45, 2.75) is 6.61 Å². The first-order chi connectivity index (χ1) is 9.01. The Labute approximate surface area is 125 Å². The monoisotopic (exact) mass is 390 g/mol. The van der Waals surface area contributed by atoms with Crippen LogP contribution in [0, 0.1) is 5.82 Å². The van der Waals surface area contributed by atoms with Crippen molar-refractivity contribution in [1.82, 2.24) is 9.97 Å². The molecule has 7 heteroatoms. The fourth-order valence-corrected chi connectivity index (χ4v) is 2.33. The minimum atomic E-state index is -0.414. The van der Waals surface area contributed by atoms with Crippen LogP contribution in [0.1, 0.15) is 5.69 Å². The molecule has 0 amide bonds. The van der Waals surface area contributed by atoms with E-state index in [1.54, 1.807) is 6.07 Å². The number of nitrogens with zero attached hydrogens (tertiary/aromatic N) is 1. The van der Waals surface area contributed by atoms with E-state index in [9.17, 15) is 9.18 Å². The van der Waals surface area contributed by atoms with E-state index < -0.39 is 5.82 Å². The van der Waals surface area contributed by atoms with E-state index >= 15 is 0 Å². The summed E-state index contributed by atoms with van der Waals surface area (Å²) in [6.45, 7) is 0.188. The fraction of sp³-hybridized carbons (Fsp3) is 0.167. The van der Waals surface area contributed by atoms with Crippen LogP contribution >= 0.6 is 31.9 Å². The smallest absolute Gasteiger partial charge is 0.265 e. The van der Waals surface area contributed by atoms with Crippen molar-refractivity contribution >= 4 is 31.9 Å². The van der Waals surface area contributed by atoms with Crippen LogP contribution in [0.3, 0.4) is 0 Å². The Morgan fingerprint density at radius 1 is 1.37 bits per heavy atom. The highest BCUT2D eigenvalue weighted by atomic mass is 79.9. The van der Waals surface area contributed by atoms with Gasteiger partial charge in [0, 0.05) is 17.1 Å². The van der Waals surface area contributed by atoms with E-state index in [0.29, 0.717) is 26.0 Å². The highest BCUT2D eigenvalue weighted by Gasteiger charge is 2.11. The Balaban J connectivity index is 2.59. The van der Waals surface area contributed by atoms with Crippen molar-refractivity contribution in [3.05, 3.63) is 49.0 Å². The van der Waals surface area contributed by atoms with Gasteiger partial charge in [0.05, 0.1) is 12.3 Å². The summed E-state index contributed by atoms with van der Waals surface area (Å²) in [6.07, 6.45) is 0. The third kappa shape index (κ3) is 3.29. The molecule has 0 spiro atoms. The first kappa shape index (κ1) is 14.4. The maximum Gasteiger partial charge on any atom is 0.265 e. The molecule has 100 valence electrons. The maximum absolute atomic E-state index is 13.4. The molecule has 19 heavy (non-hydrogen) atoms. The van der Waals surface area contributed by atoms with Crippen LogP contribution in [0.2, 0.25) is 0 Å². The van der Waals surface area contributed by atoms with Crippen molar-refractivity contribution < 1.29 is 9.13 Å². The Morgan fingerprint density at radius 2 is 2.11 bits per heavy atom. The van der Waals surface area contributed by atoms with E-state index in [1.165, 1.54) is 19.2 Å². The normalized spacial score (nSPS) is 10.7. The lowest BCUT2D eigenvalue weighted by Gasteiger charge is -2.06. The number of aromatic amines is 1. The number of methoxy groups -OCH3 is 1. The van der Waals surface area contributed by atoms with Gasteiger partial charge in [-0.25, -0.2) is 9.37 Å². The van der Waals surface area contributed by atoms with Crippen LogP contribution in [-0.2, 0) is 11.3 Å². The molecule has 2 rings (SSSR count). The summed E-state index contributed by atoms with van der Waals surface area (Å²) < 4.78 is 19.2. The van der Waals surface area contributed by atoms with E-state index in [1.807, 2.05) is 0 Å². The maximum atomic E-state index is 13.4. The molecule has 0 unspecified atom stereocenters. The molecule has 0 aliphatic heterocycles. The molecule has 0 saturated carbocycles. The first-order valence-corrected chi connectivity index (χ1v) is 6.84. The van der Waals surface area contributed by atoms with Crippen molar-refractivity contribution in [2.24, 2.45) is 0 Å². The van der Waals surface area contributed by atoms with E-state index in [0.717, 1.165) is 0 Å². The molecule has 1 aromatic carbocycles. The van der Waals surface area contributed by atoms with Gasteiger partial charge in [0.25, 0.3) is 5.56 Å². The van der Waals surface area contributed by atoms with Gasteiger partial charge in [0.2, 0.25) is 0 Å². The van der Waals surface area contributed by atoms with E-state index in [-0.39, 0.29) is 12.2 Å². The number of aromatic nitrogens is 2. The lowest BCUT2D eigenvalue weighted by Crippen LogP contribution is -2.14. The third-order valence-electron chi connectivity index (χ3n) is 2.35. The summed E-state index contributed by atoms with van der Waals surface area (Å²) in [5.41, 5.74) is 0.605. The minimum absolute atomic E-state index is 0.188. The molecule has 4 nitrogen and oxygen atoms in total. The lowest BCUT2D eigenvalue weighted by atomic mass is 10.2. The Kier molecular flexibility index (Phi) is 4.49. The zero-order valence-electron chi connectivity index (χ0n) is 9.84. The highest BCUT2D eigenvalue weighted by molar-refractivity contribution is 9.10. The second-order valence-corrected chi connectivity index (χ2v) is 5.48. The molecule has 1 N–H and O–H groups in total. The Hall–Kier alpha value is -1.05. The summed E-state index contributed by atoms with van der Waals surface area (Å²) >= 11 is 6.35. The Morgan fingerprint density at radius 3 is 2.74 bits per heavy atom. The second-order valence-electron chi connectivity index (χ2n) is 3.77. The highest BCUT2D eigenvalue weighted by Crippen LogP contribution is 2.22. The average molecular weight is 392 g/mol. The van der Waals surface area contributed by atoms with Crippen LogP contribution < -0.4 is 5.56 Å². The van der Waals surface area contributed by atoms with Crippen molar-refractivity contribution in [2.75, 3.05) is 7.11 Å². The number of rotatable bonds is 3. The zero-order chi connectivity index (χ0) is 14.0. The van der Waals surface area contributed by atoms with Crippen LogP contribution in [-0.4, -0.2) is 17.1 Å². The first-order valence-electron chi connectivity index (χ1n) is 5.25. The lowest BCUT2D eigenvalue weighted by molar-refractivity contribution is 0.180. The molecule has 1 aromatic heterocycles. The summed E-state index contributed by atoms with van der Waals surface area (Å²) in [7, 11) is 1.51. The zero-order valence-corrected chi connectivity index (χ0v) is 13.0. The molecule has 0 saturated heterocycles. The van der Waals surface area contributed by atoms with Crippen LogP contribution in [0.25, 0.3) is 11.4 Å². The summed E-state index contributed by atoms with van der Waals surface area (Å²) in [6, 6.07) is 4.30. The summed E-state index contributed by atoms with van der Waals surface area (Å²) in [5.74, 6) is -0.122. The van der Waals surface area contributed by atoms with E-state index in [2.05, 4.69) is 41.8 Å². The van der Waals surface area contributed by atoms with Crippen molar-refractivity contribution in [1.29, 1.82) is 0 Å². The van der Waals surface area contributed by atoms with Crippen LogP contribution in [0.5, 0.6) is 0 Å². The van der Waals surface area contributed by atoms with Crippen LogP contribution in [0.15, 0.2) is 31.9 Å². The summed E-state index contributed by atoms with van der Waals surface area (Å²) in [5, 5.41) is 0. The van der Waals surface area contributed by atoms with Gasteiger partial charge >= 0.3 is 0 Å². The molecule has 1 heterocycles. The number of hydrogen-bond donors (Lipinski definition) is 1. The molecule has 0 aliphatic rings. The molecule has 0 bridgehead atoms. The van der Waals surface area contributed by atoms with Gasteiger partial charge in [0.1, 0.15) is 16.1 Å². The number of hydrogen-bond acceptors (Lipinski definition) is 3. The quantitative estimate of drug-likeness (QED) is 0.873. The number of ether oxygens (including phenoxy) is 1. The average Bonchev–Trinajstić information content (AvgIpc) is 2.33. The van der Waals surface area contributed by atoms with Gasteiger partial charge in [-0.3, -0.25) is 4.79 Å². The number of benzene rings is 1. The molecule has 0 aliphatic carbocycles. The topological polar surface area (TPSA) is 55.0 Å². The van der Waals surface area contributed by atoms with Gasteiger partial charge in [-0.1, -0.05) is 15.9 Å². The van der Waals surface area contributed by atoms with Crippen molar-refractivity contribution in [3.63, 3.8) is 0 Å². The fourth-order valence-electron chi connectivity index (χ4n) is 1.57. The molecule has 0 radical (unpaired) electrons. The number of nitrogens with one attached hydrogen (secondary N) is 1. The van der Waals surface area contributed by atoms with E-state index in [4.69, 9.17) is 4.74 Å². The third-order valence-corrected chi connectivity index (χ3v) is 3.62. The molecular weight excluding hydrogens is 383 g/mol. The van der Waals surface area contributed by atoms with Gasteiger partial charge in [-0.15, -0.1) is 0 Å². The molecule has 2 aromatic rings. The number of halogens is 3. The molecule has 0 atom stereocenters. The number of H-pyrrole nitrogens is 1. The minimum Gasteiger partial charge on any atom is -0.378 e. The largest absolute Gasteiger partial charge is 0.378 e. The standard InChI is InChI=1S/C12H9Br2FN2O2/c1-19-5-9-10(14)12(18)17-11(16-9)6-2-7(13)4-8(15)3-6/h2-4H,5H2,1H3,(H,16,17,18). The molecule has 0 fully saturated rings. The van der Waals surface area contributed by atoms with Gasteiger partial charge < -0.3 is 9.72 Å². The van der Waals surface area contributed by atoms with Gasteiger partial charge in [0.15, 0.2) is 0 Å². The predicted octanol–water partition coefficient (Wildman–Crippen LogP) is 3.25. The van der Waals surface area contributed by atoms with Gasteiger partial charge in [-0.05, 0) is 34.1 Å².